The Labute approximate surface area is 103 Å². The minimum absolute atomic E-state index is 0.111. The first kappa shape index (κ1) is 11.7. The van der Waals surface area contributed by atoms with Crippen molar-refractivity contribution in [1.29, 1.82) is 0 Å². The molecule has 0 saturated carbocycles. The molecule has 1 aromatic rings. The second-order valence-electron chi connectivity index (χ2n) is 3.99. The zero-order valence-electron chi connectivity index (χ0n) is 9.02. The molecule has 1 aliphatic heterocycles. The number of carbonyl (C=O) groups is 2. The van der Waals surface area contributed by atoms with Crippen LogP contribution in [0.5, 0.6) is 0 Å². The zero-order valence-corrected chi connectivity index (χ0v) is 9.78. The quantitative estimate of drug-likeness (QED) is 0.763. The summed E-state index contributed by atoms with van der Waals surface area (Å²) in [5.74, 6) is -1.14. The lowest BCUT2D eigenvalue weighted by Gasteiger charge is -2.19. The summed E-state index contributed by atoms with van der Waals surface area (Å²) in [5.41, 5.74) is 11.9. The van der Waals surface area contributed by atoms with Gasteiger partial charge < -0.3 is 16.4 Å². The van der Waals surface area contributed by atoms with Crippen molar-refractivity contribution in [3.05, 3.63) is 23.2 Å². The number of hydrogen-bond acceptors (Lipinski definition) is 3. The number of halogens is 1. The van der Waals surface area contributed by atoms with Gasteiger partial charge in [0.15, 0.2) is 0 Å². The summed E-state index contributed by atoms with van der Waals surface area (Å²) in [4.78, 5) is 24.3. The summed E-state index contributed by atoms with van der Waals surface area (Å²) in [6.45, 7) is 0.238. The molecule has 0 spiro atoms. The van der Waals surface area contributed by atoms with Crippen LogP contribution in [0, 0.1) is 5.92 Å². The van der Waals surface area contributed by atoms with E-state index < -0.39 is 11.8 Å². The number of hydrogen-bond donors (Lipinski definition) is 2. The van der Waals surface area contributed by atoms with Gasteiger partial charge in [-0.05, 0) is 12.1 Å². The van der Waals surface area contributed by atoms with E-state index in [2.05, 4.69) is 0 Å². The summed E-state index contributed by atoms with van der Waals surface area (Å²) >= 11 is 6.01. The molecule has 1 fully saturated rings. The Hall–Kier alpha value is -1.75. The number of primary amides is 1. The van der Waals surface area contributed by atoms with E-state index in [0.29, 0.717) is 16.4 Å². The van der Waals surface area contributed by atoms with Crippen LogP contribution in [0.15, 0.2) is 18.2 Å². The number of para-hydroxylation sites is 1. The standard InChI is InChI=1S/C11H12ClN3O2/c12-7-2-1-3-8(13)10(7)15-5-6(11(14)17)4-9(15)16/h1-3,6H,4-5,13H2,(H2,14,17). The molecule has 1 atom stereocenters. The number of anilines is 2. The summed E-state index contributed by atoms with van der Waals surface area (Å²) in [6.07, 6.45) is 0.111. The van der Waals surface area contributed by atoms with E-state index in [1.54, 1.807) is 18.2 Å². The molecule has 1 unspecified atom stereocenters. The molecule has 2 rings (SSSR count). The maximum atomic E-state index is 11.8. The highest BCUT2D eigenvalue weighted by Crippen LogP contribution is 2.35. The Morgan fingerprint density at radius 3 is 2.71 bits per heavy atom. The first-order valence-electron chi connectivity index (χ1n) is 5.14. The van der Waals surface area contributed by atoms with Gasteiger partial charge in [-0.25, -0.2) is 0 Å². The van der Waals surface area contributed by atoms with Crippen LogP contribution in [0.3, 0.4) is 0 Å². The number of nitrogens with two attached hydrogens (primary N) is 2. The molecule has 0 aromatic heterocycles. The van der Waals surface area contributed by atoms with Crippen molar-refractivity contribution in [1.82, 2.24) is 0 Å². The SMILES string of the molecule is NC(=O)C1CC(=O)N(c2c(N)cccc2Cl)C1. The average Bonchev–Trinajstić information content (AvgIpc) is 2.61. The van der Waals surface area contributed by atoms with Crippen LogP contribution in [-0.2, 0) is 9.59 Å². The van der Waals surface area contributed by atoms with Gasteiger partial charge >= 0.3 is 0 Å². The van der Waals surface area contributed by atoms with Gasteiger partial charge in [-0.1, -0.05) is 17.7 Å². The molecular formula is C11H12ClN3O2. The van der Waals surface area contributed by atoms with Gasteiger partial charge in [0.25, 0.3) is 0 Å². The molecule has 1 aliphatic rings. The average molecular weight is 254 g/mol. The topological polar surface area (TPSA) is 89.4 Å². The van der Waals surface area contributed by atoms with Crippen LogP contribution in [-0.4, -0.2) is 18.4 Å². The van der Waals surface area contributed by atoms with Gasteiger partial charge in [0.2, 0.25) is 11.8 Å². The smallest absolute Gasteiger partial charge is 0.227 e. The lowest BCUT2D eigenvalue weighted by Crippen LogP contribution is -2.29. The first-order chi connectivity index (χ1) is 8.00. The minimum atomic E-state index is -0.480. The first-order valence-corrected chi connectivity index (χ1v) is 5.52. The number of nitrogens with zero attached hydrogens (tertiary/aromatic N) is 1. The molecule has 0 aliphatic carbocycles. The Balaban J connectivity index is 2.35. The van der Waals surface area contributed by atoms with Crippen LogP contribution in [0.2, 0.25) is 5.02 Å². The lowest BCUT2D eigenvalue weighted by atomic mass is 10.1. The largest absolute Gasteiger partial charge is 0.397 e. The van der Waals surface area contributed by atoms with Crippen molar-refractivity contribution in [2.24, 2.45) is 11.7 Å². The Morgan fingerprint density at radius 2 is 2.18 bits per heavy atom. The van der Waals surface area contributed by atoms with E-state index in [1.807, 2.05) is 0 Å². The van der Waals surface area contributed by atoms with Crippen molar-refractivity contribution in [3.8, 4) is 0 Å². The van der Waals surface area contributed by atoms with E-state index in [1.165, 1.54) is 4.90 Å². The molecular weight excluding hydrogens is 242 g/mol. The monoisotopic (exact) mass is 253 g/mol. The van der Waals surface area contributed by atoms with E-state index in [0.717, 1.165) is 0 Å². The second kappa shape index (κ2) is 4.25. The summed E-state index contributed by atoms with van der Waals surface area (Å²) in [6, 6.07) is 5.01. The van der Waals surface area contributed by atoms with Gasteiger partial charge in [-0.3, -0.25) is 9.59 Å². The van der Waals surface area contributed by atoms with Crippen molar-refractivity contribution in [2.75, 3.05) is 17.2 Å². The van der Waals surface area contributed by atoms with Crippen molar-refractivity contribution in [3.63, 3.8) is 0 Å². The molecule has 0 bridgehead atoms. The maximum absolute atomic E-state index is 11.8. The number of benzene rings is 1. The normalized spacial score (nSPS) is 19.7. The van der Waals surface area contributed by atoms with Gasteiger partial charge in [0.1, 0.15) is 0 Å². The van der Waals surface area contributed by atoms with Gasteiger partial charge in [-0.15, -0.1) is 0 Å². The minimum Gasteiger partial charge on any atom is -0.397 e. The molecule has 1 heterocycles. The van der Waals surface area contributed by atoms with Crippen LogP contribution < -0.4 is 16.4 Å². The van der Waals surface area contributed by atoms with Crippen molar-refractivity contribution < 1.29 is 9.59 Å². The summed E-state index contributed by atoms with van der Waals surface area (Å²) in [5, 5.41) is 0.392. The number of amides is 2. The number of rotatable bonds is 2. The fourth-order valence-corrected chi connectivity index (χ4v) is 2.21. The Morgan fingerprint density at radius 1 is 1.47 bits per heavy atom. The molecule has 5 nitrogen and oxygen atoms in total. The van der Waals surface area contributed by atoms with Crippen LogP contribution in [0.25, 0.3) is 0 Å². The highest BCUT2D eigenvalue weighted by molar-refractivity contribution is 6.34. The van der Waals surface area contributed by atoms with E-state index in [9.17, 15) is 9.59 Å². The molecule has 17 heavy (non-hydrogen) atoms. The van der Waals surface area contributed by atoms with Gasteiger partial charge in [-0.2, -0.15) is 0 Å². The molecule has 1 saturated heterocycles. The molecule has 4 N–H and O–H groups in total. The summed E-state index contributed by atoms with van der Waals surface area (Å²) in [7, 11) is 0. The zero-order chi connectivity index (χ0) is 12.6. The van der Waals surface area contributed by atoms with Gasteiger partial charge in [0.05, 0.1) is 22.3 Å². The van der Waals surface area contributed by atoms with E-state index in [4.69, 9.17) is 23.1 Å². The van der Waals surface area contributed by atoms with Crippen LogP contribution >= 0.6 is 11.6 Å². The fraction of sp³-hybridized carbons (Fsp3) is 0.273. The highest BCUT2D eigenvalue weighted by Gasteiger charge is 2.35. The predicted octanol–water partition coefficient (Wildman–Crippen LogP) is 0.760. The third-order valence-corrected chi connectivity index (χ3v) is 3.12. The number of carbonyl (C=O) groups excluding carboxylic acids is 2. The summed E-state index contributed by atoms with van der Waals surface area (Å²) < 4.78 is 0. The van der Waals surface area contributed by atoms with Crippen molar-refractivity contribution in [2.45, 2.75) is 6.42 Å². The molecule has 2 amide bonds. The van der Waals surface area contributed by atoms with E-state index in [-0.39, 0.29) is 18.9 Å². The van der Waals surface area contributed by atoms with Crippen LogP contribution in [0.1, 0.15) is 6.42 Å². The molecule has 90 valence electrons. The molecule has 6 heteroatoms. The fourth-order valence-electron chi connectivity index (χ4n) is 1.93. The van der Waals surface area contributed by atoms with Crippen molar-refractivity contribution >= 4 is 34.8 Å². The Kier molecular flexibility index (Phi) is 2.93. The second-order valence-corrected chi connectivity index (χ2v) is 4.39. The lowest BCUT2D eigenvalue weighted by molar-refractivity contribution is -0.123. The van der Waals surface area contributed by atoms with Gasteiger partial charge in [0, 0.05) is 13.0 Å². The van der Waals surface area contributed by atoms with E-state index >= 15 is 0 Å². The Bertz CT molecular complexity index is 469. The third-order valence-electron chi connectivity index (χ3n) is 2.82. The predicted molar refractivity (Wildman–Crippen MR) is 65.5 cm³/mol. The molecule has 1 aromatic carbocycles. The van der Waals surface area contributed by atoms with Crippen LogP contribution in [0.4, 0.5) is 11.4 Å². The highest BCUT2D eigenvalue weighted by atomic mass is 35.5. The molecule has 0 radical (unpaired) electrons. The maximum Gasteiger partial charge on any atom is 0.227 e. The third kappa shape index (κ3) is 2.06. The number of nitrogen functional groups attached to an aromatic ring is 1.